The molecule has 1 rings (SSSR count). The summed E-state index contributed by atoms with van der Waals surface area (Å²) in [6.07, 6.45) is 2.71. The van der Waals surface area contributed by atoms with Gasteiger partial charge in [0.1, 0.15) is 5.90 Å². The second-order valence-electron chi connectivity index (χ2n) is 4.90. The number of hydrogen-bond donors (Lipinski definition) is 2. The Balaban J connectivity index is 3.01. The quantitative estimate of drug-likeness (QED) is 0.596. The van der Waals surface area contributed by atoms with E-state index in [1.54, 1.807) is 20.8 Å². The van der Waals surface area contributed by atoms with Crippen LogP contribution in [0.15, 0.2) is 17.6 Å². The summed E-state index contributed by atoms with van der Waals surface area (Å²) in [5.41, 5.74) is -0.737. The van der Waals surface area contributed by atoms with Gasteiger partial charge in [0.05, 0.1) is 23.0 Å². The highest BCUT2D eigenvalue weighted by Gasteiger charge is 2.36. The van der Waals surface area contributed by atoms with E-state index in [1.807, 2.05) is 0 Å². The zero-order valence-electron chi connectivity index (χ0n) is 11.1. The molecule has 0 amide bonds. The van der Waals surface area contributed by atoms with Crippen LogP contribution < -0.4 is 0 Å². The molecule has 11 heteroatoms. The predicted octanol–water partition coefficient (Wildman–Crippen LogP) is 3.48. The van der Waals surface area contributed by atoms with E-state index in [1.165, 1.54) is 12.4 Å². The van der Waals surface area contributed by atoms with Crippen LogP contribution in [-0.2, 0) is 20.9 Å². The third kappa shape index (κ3) is 7.48. The highest BCUT2D eigenvalue weighted by Crippen LogP contribution is 2.69. The van der Waals surface area contributed by atoms with Crippen molar-refractivity contribution in [1.29, 1.82) is 0 Å². The van der Waals surface area contributed by atoms with Crippen LogP contribution in [0, 0.1) is 0 Å². The van der Waals surface area contributed by atoms with Crippen molar-refractivity contribution >= 4 is 47.9 Å². The maximum Gasteiger partial charge on any atom is 0.275 e. The van der Waals surface area contributed by atoms with Crippen LogP contribution in [0.2, 0.25) is 5.02 Å². The molecule has 0 bridgehead atoms. The van der Waals surface area contributed by atoms with Crippen molar-refractivity contribution in [2.45, 2.75) is 31.5 Å². The maximum absolute atomic E-state index is 12.8. The van der Waals surface area contributed by atoms with Gasteiger partial charge in [-0.3, -0.25) is 4.57 Å². The van der Waals surface area contributed by atoms with E-state index in [-0.39, 0.29) is 5.16 Å². The monoisotopic (exact) mass is 376 g/mol. The summed E-state index contributed by atoms with van der Waals surface area (Å²) in [7, 11) is 0. The Bertz CT molecular complexity index is 558. The first-order valence-electron chi connectivity index (χ1n) is 5.40. The largest absolute Gasteiger partial charge is 0.345 e. The molecule has 1 aromatic rings. The summed E-state index contributed by atoms with van der Waals surface area (Å²) in [5, 5.41) is 0.515. The molecular formula is C9H15ClN2O4P2S2. The smallest absolute Gasteiger partial charge is 0.275 e. The van der Waals surface area contributed by atoms with Gasteiger partial charge in [-0.05, 0) is 32.6 Å². The molecule has 0 aliphatic heterocycles. The minimum atomic E-state index is -3.68. The first-order chi connectivity index (χ1) is 8.89. The highest BCUT2D eigenvalue weighted by molar-refractivity contribution is 8.57. The molecule has 0 saturated carbocycles. The molecule has 1 atom stereocenters. The molecule has 2 N–H and O–H groups in total. The highest BCUT2D eigenvalue weighted by atomic mass is 35.5. The van der Waals surface area contributed by atoms with Gasteiger partial charge in [-0.2, -0.15) is 0 Å². The predicted molar refractivity (Wildman–Crippen MR) is 84.9 cm³/mol. The van der Waals surface area contributed by atoms with E-state index in [0.29, 0.717) is 5.02 Å². The number of hydrogen-bond acceptors (Lipinski definition) is 6. The zero-order valence-corrected chi connectivity index (χ0v) is 15.2. The normalized spacial score (nSPS) is 15.9. The molecule has 0 radical (unpaired) electrons. The second kappa shape index (κ2) is 6.71. The third-order valence-corrected chi connectivity index (χ3v) is 9.75. The first-order valence-corrected chi connectivity index (χ1v) is 11.9. The summed E-state index contributed by atoms with van der Waals surface area (Å²) < 4.78 is 18.2. The average molecular weight is 377 g/mol. The number of aromatic nitrogens is 2. The first kappa shape index (κ1) is 18.5. The standard InChI is InChI=1S/C9H15ClN2O4P2S2/c1-9(2,3)16-18(15,6-17(13,14)19)20-8-11-4-7(10)5-12-8/h4-5H,6H2,1-3H3,(H2,13,14,19). The molecule has 6 nitrogen and oxygen atoms in total. The second-order valence-corrected chi connectivity index (χ2v) is 13.7. The SMILES string of the molecule is CC(C)(C)OP(=O)(CP(O)(O)=S)Sc1ncc(Cl)cn1. The Morgan fingerprint density at radius 1 is 1.40 bits per heavy atom. The fourth-order valence-electron chi connectivity index (χ4n) is 1.19. The molecule has 0 aliphatic carbocycles. The van der Waals surface area contributed by atoms with E-state index < -0.39 is 24.6 Å². The van der Waals surface area contributed by atoms with E-state index in [0.717, 1.165) is 11.4 Å². The molecular weight excluding hydrogens is 362 g/mol. The Morgan fingerprint density at radius 2 is 1.90 bits per heavy atom. The summed E-state index contributed by atoms with van der Waals surface area (Å²) in [5.74, 6) is -0.511. The van der Waals surface area contributed by atoms with Gasteiger partial charge < -0.3 is 14.3 Å². The van der Waals surface area contributed by atoms with Crippen molar-refractivity contribution in [2.24, 2.45) is 0 Å². The molecule has 20 heavy (non-hydrogen) atoms. The summed E-state index contributed by atoms with van der Waals surface area (Å²) >= 11 is 11.0. The van der Waals surface area contributed by atoms with Crippen LogP contribution in [0.1, 0.15) is 20.8 Å². The maximum atomic E-state index is 12.8. The van der Waals surface area contributed by atoms with Crippen LogP contribution in [0.3, 0.4) is 0 Å². The van der Waals surface area contributed by atoms with Crippen molar-refractivity contribution in [3.63, 3.8) is 0 Å². The summed E-state index contributed by atoms with van der Waals surface area (Å²) in [6.45, 7) is -2.05. The molecule has 0 saturated heterocycles. The van der Waals surface area contributed by atoms with Crippen LogP contribution in [0.5, 0.6) is 0 Å². The third-order valence-electron chi connectivity index (χ3n) is 1.59. The molecule has 1 heterocycles. The van der Waals surface area contributed by atoms with Crippen molar-refractivity contribution < 1.29 is 18.9 Å². The van der Waals surface area contributed by atoms with Crippen LogP contribution in [0.25, 0.3) is 0 Å². The van der Waals surface area contributed by atoms with E-state index >= 15 is 0 Å². The minimum Gasteiger partial charge on any atom is -0.345 e. The lowest BCUT2D eigenvalue weighted by atomic mass is 10.2. The fraction of sp³-hybridized carbons (Fsp3) is 0.556. The molecule has 0 fully saturated rings. The molecule has 1 unspecified atom stereocenters. The molecule has 114 valence electrons. The van der Waals surface area contributed by atoms with Gasteiger partial charge in [-0.15, -0.1) is 0 Å². The van der Waals surface area contributed by atoms with E-state index in [2.05, 4.69) is 21.8 Å². The van der Waals surface area contributed by atoms with E-state index in [9.17, 15) is 14.4 Å². The molecule has 0 aromatic carbocycles. The van der Waals surface area contributed by atoms with E-state index in [4.69, 9.17) is 16.1 Å². The zero-order chi connectivity index (χ0) is 15.6. The number of halogens is 1. The van der Waals surface area contributed by atoms with Crippen LogP contribution in [-0.4, -0.2) is 31.3 Å². The number of rotatable bonds is 5. The Labute approximate surface area is 131 Å². The molecule has 0 aliphatic rings. The van der Waals surface area contributed by atoms with Crippen molar-refractivity contribution in [3.8, 4) is 0 Å². The molecule has 0 spiro atoms. The van der Waals surface area contributed by atoms with Crippen molar-refractivity contribution in [2.75, 3.05) is 5.90 Å². The molecule has 1 aromatic heterocycles. The Hall–Kier alpha value is 0.480. The Kier molecular flexibility index (Phi) is 6.22. The Morgan fingerprint density at radius 3 is 2.30 bits per heavy atom. The van der Waals surface area contributed by atoms with Gasteiger partial charge in [0.25, 0.3) is 6.57 Å². The van der Waals surface area contributed by atoms with Gasteiger partial charge in [0, 0.05) is 11.4 Å². The minimum absolute atomic E-state index is 0.172. The average Bonchev–Trinajstić information content (AvgIpc) is 2.15. The van der Waals surface area contributed by atoms with Crippen LogP contribution in [0.4, 0.5) is 0 Å². The van der Waals surface area contributed by atoms with Gasteiger partial charge in [-0.1, -0.05) is 11.6 Å². The van der Waals surface area contributed by atoms with Gasteiger partial charge in [0.2, 0.25) is 0 Å². The van der Waals surface area contributed by atoms with Gasteiger partial charge >= 0.3 is 0 Å². The lowest BCUT2D eigenvalue weighted by molar-refractivity contribution is 0.141. The summed E-state index contributed by atoms with van der Waals surface area (Å²) in [4.78, 5) is 26.7. The van der Waals surface area contributed by atoms with Crippen LogP contribution >= 0.6 is 36.0 Å². The van der Waals surface area contributed by atoms with Crippen molar-refractivity contribution in [3.05, 3.63) is 17.4 Å². The lowest BCUT2D eigenvalue weighted by Crippen LogP contribution is -2.17. The van der Waals surface area contributed by atoms with Crippen molar-refractivity contribution in [1.82, 2.24) is 9.97 Å². The number of nitrogens with zero attached hydrogens (tertiary/aromatic N) is 2. The van der Waals surface area contributed by atoms with Gasteiger partial charge in [0.15, 0.2) is 11.6 Å². The summed E-state index contributed by atoms with van der Waals surface area (Å²) in [6, 6.07) is 0. The lowest BCUT2D eigenvalue weighted by Gasteiger charge is -2.27. The topological polar surface area (TPSA) is 92.5 Å². The van der Waals surface area contributed by atoms with Gasteiger partial charge in [-0.25, -0.2) is 9.97 Å². The fourth-order valence-corrected chi connectivity index (χ4v) is 10.7.